The van der Waals surface area contributed by atoms with Crippen molar-refractivity contribution in [2.75, 3.05) is 11.9 Å². The van der Waals surface area contributed by atoms with Crippen molar-refractivity contribution in [3.05, 3.63) is 59.1 Å². The molecule has 1 atom stereocenters. The van der Waals surface area contributed by atoms with Crippen LogP contribution in [0.1, 0.15) is 12.5 Å². The predicted molar refractivity (Wildman–Crippen MR) is 93.0 cm³/mol. The number of carbonyl (C=O) groups excluding carboxylic acids is 1. The highest BCUT2D eigenvalue weighted by atomic mass is 35.5. The minimum atomic E-state index is -4.81. The minimum absolute atomic E-state index is 0.448. The lowest BCUT2D eigenvalue weighted by Crippen LogP contribution is -2.39. The number of para-hydroxylation sites is 1. The Bertz CT molecular complexity index is 915. The maximum Gasteiger partial charge on any atom is 0.417 e. The van der Waals surface area contributed by atoms with Crippen molar-refractivity contribution in [2.45, 2.75) is 23.2 Å². The normalized spacial score (nSPS) is 13.3. The van der Waals surface area contributed by atoms with Crippen LogP contribution in [-0.2, 0) is 20.8 Å². The molecule has 0 bridgehead atoms. The molecule has 0 aliphatic rings. The van der Waals surface area contributed by atoms with Gasteiger partial charge >= 0.3 is 6.18 Å². The van der Waals surface area contributed by atoms with Crippen molar-refractivity contribution < 1.29 is 26.4 Å². The van der Waals surface area contributed by atoms with Crippen LogP contribution in [0.2, 0.25) is 5.02 Å². The molecule has 0 aromatic heterocycles. The van der Waals surface area contributed by atoms with E-state index in [9.17, 15) is 26.4 Å². The van der Waals surface area contributed by atoms with Crippen LogP contribution in [0.5, 0.6) is 0 Å². The Kier molecular flexibility index (Phi) is 5.67. The number of rotatable bonds is 4. The number of anilines is 1. The Morgan fingerprint density at radius 2 is 1.69 bits per heavy atom. The molecule has 2 aromatic carbocycles. The number of alkyl halides is 3. The lowest BCUT2D eigenvalue weighted by Gasteiger charge is -2.22. The van der Waals surface area contributed by atoms with Crippen molar-refractivity contribution >= 4 is 33.0 Å². The maximum absolute atomic E-state index is 13.0. The summed E-state index contributed by atoms with van der Waals surface area (Å²) in [4.78, 5) is 13.0. The first-order valence-corrected chi connectivity index (χ1v) is 9.32. The van der Waals surface area contributed by atoms with E-state index >= 15 is 0 Å². The number of amides is 1. The SMILES string of the molecule is CC(C(=O)N(C)c1ccccc1)S(=O)(=O)c1ccc(Cl)c(C(F)(F)F)c1. The molecule has 2 rings (SSSR count). The van der Waals surface area contributed by atoms with Gasteiger partial charge in [-0.2, -0.15) is 13.2 Å². The largest absolute Gasteiger partial charge is 0.417 e. The van der Waals surface area contributed by atoms with E-state index < -0.39 is 42.7 Å². The fourth-order valence-corrected chi connectivity index (χ4v) is 3.88. The van der Waals surface area contributed by atoms with Crippen LogP contribution >= 0.6 is 11.6 Å². The molecule has 1 amide bonds. The summed E-state index contributed by atoms with van der Waals surface area (Å²) in [5.74, 6) is -0.764. The van der Waals surface area contributed by atoms with Gasteiger partial charge in [-0.15, -0.1) is 0 Å². The quantitative estimate of drug-likeness (QED) is 0.766. The number of sulfone groups is 1. The molecule has 0 spiro atoms. The average Bonchev–Trinajstić information content (AvgIpc) is 2.59. The molecule has 0 aliphatic carbocycles. The van der Waals surface area contributed by atoms with Crippen molar-refractivity contribution in [1.82, 2.24) is 0 Å². The molecule has 0 radical (unpaired) electrons. The number of carbonyl (C=O) groups is 1. The monoisotopic (exact) mass is 405 g/mol. The van der Waals surface area contributed by atoms with E-state index in [-0.39, 0.29) is 0 Å². The highest BCUT2D eigenvalue weighted by Gasteiger charge is 2.37. The molecule has 140 valence electrons. The molecular formula is C17H15ClF3NO3S. The van der Waals surface area contributed by atoms with E-state index in [2.05, 4.69) is 0 Å². The third kappa shape index (κ3) is 4.02. The summed E-state index contributed by atoms with van der Waals surface area (Å²) in [6.07, 6.45) is -4.81. The zero-order valence-corrected chi connectivity index (χ0v) is 15.4. The van der Waals surface area contributed by atoms with Crippen LogP contribution in [0.25, 0.3) is 0 Å². The van der Waals surface area contributed by atoms with Crippen LogP contribution in [0, 0.1) is 0 Å². The minimum Gasteiger partial charge on any atom is -0.314 e. The number of nitrogens with zero attached hydrogens (tertiary/aromatic N) is 1. The summed E-state index contributed by atoms with van der Waals surface area (Å²) in [5, 5.41) is -2.19. The summed E-state index contributed by atoms with van der Waals surface area (Å²) in [5.41, 5.74) is -0.803. The highest BCUT2D eigenvalue weighted by Crippen LogP contribution is 2.36. The highest BCUT2D eigenvalue weighted by molar-refractivity contribution is 7.92. The zero-order chi connectivity index (χ0) is 19.7. The molecule has 0 aliphatic heterocycles. The Labute approximate surface area is 154 Å². The fourth-order valence-electron chi connectivity index (χ4n) is 2.29. The summed E-state index contributed by atoms with van der Waals surface area (Å²) >= 11 is 5.51. The van der Waals surface area contributed by atoms with Gasteiger partial charge in [0.2, 0.25) is 5.91 Å². The topological polar surface area (TPSA) is 54.5 Å². The average molecular weight is 406 g/mol. The third-order valence-electron chi connectivity index (χ3n) is 3.86. The van der Waals surface area contributed by atoms with Crippen molar-refractivity contribution in [3.63, 3.8) is 0 Å². The van der Waals surface area contributed by atoms with Gasteiger partial charge in [-0.05, 0) is 37.3 Å². The summed E-state index contributed by atoms with van der Waals surface area (Å²) in [7, 11) is -2.95. The van der Waals surface area contributed by atoms with Gasteiger partial charge < -0.3 is 4.90 Å². The Morgan fingerprint density at radius 3 is 2.23 bits per heavy atom. The van der Waals surface area contributed by atoms with E-state index in [4.69, 9.17) is 11.6 Å². The van der Waals surface area contributed by atoms with Gasteiger partial charge in [0.1, 0.15) is 5.25 Å². The molecule has 0 saturated heterocycles. The van der Waals surface area contributed by atoms with Gasteiger partial charge in [-0.3, -0.25) is 4.79 Å². The van der Waals surface area contributed by atoms with Crippen molar-refractivity contribution in [3.8, 4) is 0 Å². The number of halogens is 4. The lowest BCUT2D eigenvalue weighted by molar-refractivity contribution is -0.137. The molecule has 2 aromatic rings. The molecule has 0 N–H and O–H groups in total. The summed E-state index contributed by atoms with van der Waals surface area (Å²) in [6.45, 7) is 1.14. The van der Waals surface area contributed by atoms with Gasteiger partial charge in [0, 0.05) is 12.7 Å². The Hall–Kier alpha value is -2.06. The molecule has 9 heteroatoms. The van der Waals surface area contributed by atoms with Crippen LogP contribution < -0.4 is 4.90 Å². The van der Waals surface area contributed by atoms with Gasteiger partial charge in [0.15, 0.2) is 9.84 Å². The smallest absolute Gasteiger partial charge is 0.314 e. The van der Waals surface area contributed by atoms with E-state index in [1.165, 1.54) is 7.05 Å². The molecule has 4 nitrogen and oxygen atoms in total. The van der Waals surface area contributed by atoms with Gasteiger partial charge in [0.25, 0.3) is 0 Å². The predicted octanol–water partition coefficient (Wildman–Crippen LogP) is 4.18. The maximum atomic E-state index is 13.0. The number of benzene rings is 2. The first-order valence-electron chi connectivity index (χ1n) is 7.39. The molecule has 26 heavy (non-hydrogen) atoms. The van der Waals surface area contributed by atoms with E-state index in [1.807, 2.05) is 0 Å². The van der Waals surface area contributed by atoms with E-state index in [0.29, 0.717) is 11.8 Å². The molecular weight excluding hydrogens is 391 g/mol. The van der Waals surface area contributed by atoms with Crippen LogP contribution in [0.15, 0.2) is 53.4 Å². The standard InChI is InChI=1S/C17H15ClF3NO3S/c1-11(16(23)22(2)12-6-4-3-5-7-12)26(24,25)13-8-9-15(18)14(10-13)17(19,20)21/h3-11H,1-2H3. The lowest BCUT2D eigenvalue weighted by atomic mass is 10.2. The third-order valence-corrected chi connectivity index (χ3v) is 6.23. The van der Waals surface area contributed by atoms with E-state index in [1.54, 1.807) is 30.3 Å². The second-order valence-electron chi connectivity index (χ2n) is 5.56. The van der Waals surface area contributed by atoms with E-state index in [0.717, 1.165) is 24.0 Å². The molecule has 0 fully saturated rings. The Balaban J connectivity index is 2.39. The van der Waals surface area contributed by atoms with Crippen LogP contribution in [0.4, 0.5) is 18.9 Å². The van der Waals surface area contributed by atoms with Crippen LogP contribution in [-0.4, -0.2) is 26.6 Å². The molecule has 0 heterocycles. The first kappa shape index (κ1) is 20.3. The molecule has 1 unspecified atom stereocenters. The first-order chi connectivity index (χ1) is 12.0. The van der Waals surface area contributed by atoms with Crippen molar-refractivity contribution in [2.24, 2.45) is 0 Å². The van der Waals surface area contributed by atoms with Gasteiger partial charge in [0.05, 0.1) is 15.5 Å². The summed E-state index contributed by atoms with van der Waals surface area (Å²) in [6, 6.07) is 10.6. The van der Waals surface area contributed by atoms with Crippen LogP contribution in [0.3, 0.4) is 0 Å². The second kappa shape index (κ2) is 7.28. The van der Waals surface area contributed by atoms with Gasteiger partial charge in [-0.25, -0.2) is 8.42 Å². The zero-order valence-electron chi connectivity index (χ0n) is 13.8. The summed E-state index contributed by atoms with van der Waals surface area (Å²) < 4.78 is 64.2. The van der Waals surface area contributed by atoms with Crippen molar-refractivity contribution in [1.29, 1.82) is 0 Å². The second-order valence-corrected chi connectivity index (χ2v) is 8.24. The Morgan fingerprint density at radius 1 is 1.12 bits per heavy atom. The number of hydrogen-bond donors (Lipinski definition) is 0. The molecule has 0 saturated carbocycles. The van der Waals surface area contributed by atoms with Gasteiger partial charge in [-0.1, -0.05) is 29.8 Å². The fraction of sp³-hybridized carbons (Fsp3) is 0.235. The number of hydrogen-bond acceptors (Lipinski definition) is 3.